The molecule has 0 aliphatic carbocycles. The predicted molar refractivity (Wildman–Crippen MR) is 105 cm³/mol. The lowest BCUT2D eigenvalue weighted by Crippen LogP contribution is -2.09. The summed E-state index contributed by atoms with van der Waals surface area (Å²) in [4.78, 5) is 16.9. The maximum atomic E-state index is 12.6. The largest absolute Gasteiger partial charge is 0.457 e. The highest BCUT2D eigenvalue weighted by Gasteiger charge is 2.22. The van der Waals surface area contributed by atoms with Gasteiger partial charge in [0, 0.05) is 15.2 Å². The monoisotopic (exact) mass is 482 g/mol. The number of pyridine rings is 1. The SMILES string of the molecule is N#Cc1cnc2c(C(=O)OCc3ccccc3)c(I)c(Cl)cc2c1Cl. The van der Waals surface area contributed by atoms with Crippen molar-refractivity contribution in [3.8, 4) is 6.07 Å². The molecular formula is C18H9Cl2IN2O2. The Balaban J connectivity index is 2.05. The van der Waals surface area contributed by atoms with Crippen molar-refractivity contribution in [3.63, 3.8) is 0 Å². The number of fused-ring (bicyclic) bond motifs is 1. The zero-order chi connectivity index (χ0) is 18.0. The minimum absolute atomic E-state index is 0.133. The molecule has 1 heterocycles. The second-order valence-corrected chi connectivity index (χ2v) is 6.97. The molecule has 124 valence electrons. The normalized spacial score (nSPS) is 10.5. The number of hydrogen-bond donors (Lipinski definition) is 0. The molecule has 1 aromatic heterocycles. The molecule has 0 bridgehead atoms. The van der Waals surface area contributed by atoms with E-state index in [0.29, 0.717) is 19.5 Å². The summed E-state index contributed by atoms with van der Waals surface area (Å²) < 4.78 is 5.93. The second-order valence-electron chi connectivity index (χ2n) is 5.10. The number of hydrogen-bond acceptors (Lipinski definition) is 4. The zero-order valence-corrected chi connectivity index (χ0v) is 16.3. The van der Waals surface area contributed by atoms with E-state index in [0.717, 1.165) is 5.56 Å². The Kier molecular flexibility index (Phi) is 5.42. The van der Waals surface area contributed by atoms with Gasteiger partial charge in [-0.2, -0.15) is 5.26 Å². The van der Waals surface area contributed by atoms with Crippen molar-refractivity contribution in [2.45, 2.75) is 6.61 Å². The molecule has 0 saturated heterocycles. The van der Waals surface area contributed by atoms with E-state index in [1.165, 1.54) is 6.20 Å². The van der Waals surface area contributed by atoms with Crippen molar-refractivity contribution in [3.05, 3.63) is 72.9 Å². The fourth-order valence-corrected chi connectivity index (χ4v) is 3.38. The first kappa shape index (κ1) is 17.9. The van der Waals surface area contributed by atoms with E-state index in [-0.39, 0.29) is 22.8 Å². The average Bonchev–Trinajstić information content (AvgIpc) is 2.63. The number of carbonyl (C=O) groups excluding carboxylic acids is 1. The van der Waals surface area contributed by atoms with Gasteiger partial charge in [0.1, 0.15) is 18.2 Å². The number of esters is 1. The first-order chi connectivity index (χ1) is 12.0. The summed E-state index contributed by atoms with van der Waals surface area (Å²) in [6.45, 7) is 0.133. The molecule has 3 aromatic rings. The number of nitriles is 1. The topological polar surface area (TPSA) is 63.0 Å². The van der Waals surface area contributed by atoms with E-state index in [1.54, 1.807) is 6.07 Å². The second kappa shape index (κ2) is 7.56. The number of ether oxygens (including phenoxy) is 1. The molecule has 0 unspecified atom stereocenters. The van der Waals surface area contributed by atoms with Gasteiger partial charge in [0.25, 0.3) is 0 Å². The highest BCUT2D eigenvalue weighted by Crippen LogP contribution is 2.34. The van der Waals surface area contributed by atoms with Crippen LogP contribution in [0.5, 0.6) is 0 Å². The summed E-state index contributed by atoms with van der Waals surface area (Å²) in [5.74, 6) is -0.547. The highest BCUT2D eigenvalue weighted by molar-refractivity contribution is 14.1. The van der Waals surface area contributed by atoms with E-state index in [9.17, 15) is 4.79 Å². The minimum Gasteiger partial charge on any atom is -0.457 e. The molecule has 4 nitrogen and oxygen atoms in total. The van der Waals surface area contributed by atoms with E-state index in [4.69, 9.17) is 33.2 Å². The summed E-state index contributed by atoms with van der Waals surface area (Å²) in [5, 5.41) is 10.1. The van der Waals surface area contributed by atoms with Crippen LogP contribution in [0.25, 0.3) is 10.9 Å². The molecule has 2 aromatic carbocycles. The van der Waals surface area contributed by atoms with Gasteiger partial charge in [-0.1, -0.05) is 53.5 Å². The summed E-state index contributed by atoms with van der Waals surface area (Å²) in [6.07, 6.45) is 1.34. The Morgan fingerprint density at radius 2 is 2.00 bits per heavy atom. The van der Waals surface area contributed by atoms with Crippen molar-refractivity contribution in [2.24, 2.45) is 0 Å². The molecular weight excluding hydrogens is 474 g/mol. The first-order valence-corrected chi connectivity index (χ1v) is 8.93. The van der Waals surface area contributed by atoms with E-state index >= 15 is 0 Å². The molecule has 0 N–H and O–H groups in total. The van der Waals surface area contributed by atoms with Crippen molar-refractivity contribution >= 4 is 62.7 Å². The Morgan fingerprint density at radius 3 is 2.68 bits per heavy atom. The molecule has 0 saturated carbocycles. The highest BCUT2D eigenvalue weighted by atomic mass is 127. The molecule has 0 aliphatic rings. The van der Waals surface area contributed by atoms with Crippen LogP contribution in [0.2, 0.25) is 10.0 Å². The van der Waals surface area contributed by atoms with Crippen LogP contribution in [0, 0.1) is 14.9 Å². The fraction of sp³-hybridized carbons (Fsp3) is 0.0556. The Morgan fingerprint density at radius 1 is 1.28 bits per heavy atom. The average molecular weight is 483 g/mol. The van der Waals surface area contributed by atoms with Crippen LogP contribution in [-0.4, -0.2) is 11.0 Å². The van der Waals surface area contributed by atoms with Gasteiger partial charge in [-0.15, -0.1) is 0 Å². The number of halogens is 3. The number of aromatic nitrogens is 1. The molecule has 0 fully saturated rings. The number of benzene rings is 2. The van der Waals surface area contributed by atoms with Gasteiger partial charge in [0.2, 0.25) is 0 Å². The van der Waals surface area contributed by atoms with Crippen molar-refractivity contribution in [1.29, 1.82) is 5.26 Å². The maximum absolute atomic E-state index is 12.6. The lowest BCUT2D eigenvalue weighted by Gasteiger charge is -2.12. The maximum Gasteiger partial charge on any atom is 0.341 e. The molecule has 0 spiro atoms. The molecule has 0 aliphatic heterocycles. The minimum atomic E-state index is -0.547. The van der Waals surface area contributed by atoms with Gasteiger partial charge in [-0.3, -0.25) is 4.98 Å². The smallest absolute Gasteiger partial charge is 0.341 e. The van der Waals surface area contributed by atoms with Crippen molar-refractivity contribution in [1.82, 2.24) is 4.98 Å². The van der Waals surface area contributed by atoms with Gasteiger partial charge in [0.05, 0.1) is 21.1 Å². The molecule has 0 radical (unpaired) electrons. The standard InChI is InChI=1S/C18H9Cl2IN2O2/c19-13-6-12-15(20)11(7-22)8-23-17(12)14(16(13)21)18(24)25-9-10-4-2-1-3-5-10/h1-6,8H,9H2. The molecule has 3 rings (SSSR count). The van der Waals surface area contributed by atoms with Gasteiger partial charge in [-0.05, 0) is 34.2 Å². The van der Waals surface area contributed by atoms with E-state index < -0.39 is 5.97 Å². The van der Waals surface area contributed by atoms with Crippen LogP contribution in [-0.2, 0) is 11.3 Å². The van der Waals surface area contributed by atoms with E-state index in [2.05, 4.69) is 4.98 Å². The molecule has 7 heteroatoms. The Labute approximate surface area is 167 Å². The lowest BCUT2D eigenvalue weighted by atomic mass is 10.1. The third-order valence-corrected chi connectivity index (χ3v) is 5.67. The van der Waals surface area contributed by atoms with Gasteiger partial charge >= 0.3 is 5.97 Å². The molecule has 0 atom stereocenters. The number of nitrogens with zero attached hydrogens (tertiary/aromatic N) is 2. The Bertz CT molecular complexity index is 1020. The Hall–Kier alpha value is -1.88. The van der Waals surface area contributed by atoms with Gasteiger partial charge < -0.3 is 4.74 Å². The predicted octanol–water partition coefficient (Wildman–Crippen LogP) is 5.37. The van der Waals surface area contributed by atoms with Crippen molar-refractivity contribution < 1.29 is 9.53 Å². The molecule has 25 heavy (non-hydrogen) atoms. The number of carbonyl (C=O) groups is 1. The van der Waals surface area contributed by atoms with Gasteiger partial charge in [0.15, 0.2) is 0 Å². The van der Waals surface area contributed by atoms with E-state index in [1.807, 2.05) is 59.0 Å². The third-order valence-electron chi connectivity index (χ3n) is 3.53. The summed E-state index contributed by atoms with van der Waals surface area (Å²) in [6, 6.07) is 12.9. The lowest BCUT2D eigenvalue weighted by molar-refractivity contribution is 0.0473. The zero-order valence-electron chi connectivity index (χ0n) is 12.6. The number of rotatable bonds is 3. The summed E-state index contributed by atoms with van der Waals surface area (Å²) in [7, 11) is 0. The summed E-state index contributed by atoms with van der Waals surface area (Å²) in [5.41, 5.74) is 1.69. The van der Waals surface area contributed by atoms with Crippen LogP contribution in [0.3, 0.4) is 0 Å². The third kappa shape index (κ3) is 3.56. The quantitative estimate of drug-likeness (QED) is 0.371. The van der Waals surface area contributed by atoms with Gasteiger partial charge in [-0.25, -0.2) is 4.79 Å². The molecule has 0 amide bonds. The van der Waals surface area contributed by atoms with Crippen LogP contribution in [0.1, 0.15) is 21.5 Å². The van der Waals surface area contributed by atoms with Crippen LogP contribution < -0.4 is 0 Å². The first-order valence-electron chi connectivity index (χ1n) is 7.10. The fourth-order valence-electron chi connectivity index (χ4n) is 2.31. The van der Waals surface area contributed by atoms with Crippen LogP contribution in [0.4, 0.5) is 0 Å². The van der Waals surface area contributed by atoms with Crippen LogP contribution in [0.15, 0.2) is 42.6 Å². The van der Waals surface area contributed by atoms with Crippen molar-refractivity contribution in [2.75, 3.05) is 0 Å². The summed E-state index contributed by atoms with van der Waals surface area (Å²) >= 11 is 14.4. The van der Waals surface area contributed by atoms with Crippen LogP contribution >= 0.6 is 45.8 Å².